The number of benzene rings is 2. The molecule has 1 heterocycles. The molecule has 0 radical (unpaired) electrons. The van der Waals surface area contributed by atoms with Crippen LogP contribution in [0.25, 0.3) is 0 Å². The number of hydrogen-bond donors (Lipinski definition) is 2. The van der Waals surface area contributed by atoms with Crippen molar-refractivity contribution in [3.05, 3.63) is 65.2 Å². The molecular formula is C21H25N3O3S. The zero-order chi connectivity index (χ0) is 20.0. The molecule has 0 spiro atoms. The molecule has 0 saturated heterocycles. The number of amides is 1. The molecule has 0 aromatic heterocycles. The van der Waals surface area contributed by atoms with E-state index in [0.717, 1.165) is 19.3 Å². The standard InChI is InChI=1S/C21H25N3O3S/c1-2-3-7-16-10-12-17(13-11-16)21(25)23-15-6-14-22-20-18-8-4-5-9-19(18)28(26,27)24-20/h4-5,8-13H,2-3,6-7,14-15H2,1H3,(H,22,24)(H,23,25). The minimum Gasteiger partial charge on any atom is -0.369 e. The van der Waals surface area contributed by atoms with E-state index >= 15 is 0 Å². The molecule has 0 saturated carbocycles. The minimum absolute atomic E-state index is 0.104. The second kappa shape index (κ2) is 9.01. The average molecular weight is 400 g/mol. The van der Waals surface area contributed by atoms with Crippen LogP contribution in [0.2, 0.25) is 0 Å². The second-order valence-corrected chi connectivity index (χ2v) is 8.32. The highest BCUT2D eigenvalue weighted by atomic mass is 32.2. The fraction of sp³-hybridized carbons (Fsp3) is 0.333. The van der Waals surface area contributed by atoms with E-state index in [4.69, 9.17) is 0 Å². The summed E-state index contributed by atoms with van der Waals surface area (Å²) in [4.78, 5) is 12.4. The van der Waals surface area contributed by atoms with Crippen LogP contribution in [-0.2, 0) is 16.4 Å². The number of fused-ring (bicyclic) bond motifs is 1. The third-order valence-corrected chi connectivity index (χ3v) is 5.93. The van der Waals surface area contributed by atoms with E-state index < -0.39 is 10.0 Å². The van der Waals surface area contributed by atoms with Gasteiger partial charge in [-0.15, -0.1) is 4.40 Å². The van der Waals surface area contributed by atoms with E-state index in [1.54, 1.807) is 24.3 Å². The van der Waals surface area contributed by atoms with E-state index in [0.29, 0.717) is 36.5 Å². The Morgan fingerprint density at radius 3 is 2.50 bits per heavy atom. The molecule has 0 bridgehead atoms. The third-order valence-electron chi connectivity index (χ3n) is 4.60. The number of hydrogen-bond acceptors (Lipinski definition) is 4. The van der Waals surface area contributed by atoms with Crippen molar-refractivity contribution in [3.8, 4) is 0 Å². The summed E-state index contributed by atoms with van der Waals surface area (Å²) in [6.45, 7) is 3.16. The van der Waals surface area contributed by atoms with E-state index in [1.165, 1.54) is 5.56 Å². The van der Waals surface area contributed by atoms with Crippen molar-refractivity contribution in [2.24, 2.45) is 4.40 Å². The largest absolute Gasteiger partial charge is 0.369 e. The Bertz CT molecular complexity index is 967. The lowest BCUT2D eigenvalue weighted by molar-refractivity contribution is 0.0953. The van der Waals surface area contributed by atoms with Gasteiger partial charge >= 0.3 is 0 Å². The Morgan fingerprint density at radius 2 is 1.75 bits per heavy atom. The normalized spacial score (nSPS) is 14.2. The van der Waals surface area contributed by atoms with Gasteiger partial charge in [0.05, 0.1) is 0 Å². The van der Waals surface area contributed by atoms with Crippen LogP contribution in [0.15, 0.2) is 57.8 Å². The van der Waals surface area contributed by atoms with Crippen molar-refractivity contribution in [2.75, 3.05) is 13.1 Å². The third kappa shape index (κ3) is 4.78. The fourth-order valence-electron chi connectivity index (χ4n) is 3.04. The van der Waals surface area contributed by atoms with Crippen LogP contribution in [0, 0.1) is 0 Å². The van der Waals surface area contributed by atoms with Gasteiger partial charge in [0, 0.05) is 24.2 Å². The summed E-state index contributed by atoms with van der Waals surface area (Å²) in [5.74, 6) is 0.262. The monoisotopic (exact) mass is 399 g/mol. The number of sulfonamides is 1. The van der Waals surface area contributed by atoms with Crippen LogP contribution in [0.1, 0.15) is 47.7 Å². The molecule has 0 unspecified atom stereocenters. The molecular weight excluding hydrogens is 374 g/mol. The summed E-state index contributed by atoms with van der Waals surface area (Å²) < 4.78 is 27.8. The summed E-state index contributed by atoms with van der Waals surface area (Å²) >= 11 is 0. The van der Waals surface area contributed by atoms with Gasteiger partial charge in [-0.2, -0.15) is 8.42 Å². The van der Waals surface area contributed by atoms with Gasteiger partial charge < -0.3 is 10.6 Å². The minimum atomic E-state index is -3.60. The number of aryl methyl sites for hydroxylation is 1. The number of rotatable bonds is 8. The Kier molecular flexibility index (Phi) is 6.46. The maximum absolute atomic E-state index is 12.2. The molecule has 148 valence electrons. The van der Waals surface area contributed by atoms with E-state index in [2.05, 4.69) is 22.0 Å². The first-order valence-electron chi connectivity index (χ1n) is 9.56. The predicted octanol–water partition coefficient (Wildman–Crippen LogP) is 2.89. The van der Waals surface area contributed by atoms with Gasteiger partial charge in [0.1, 0.15) is 10.7 Å². The van der Waals surface area contributed by atoms with Crippen molar-refractivity contribution in [3.63, 3.8) is 0 Å². The number of amidine groups is 1. The van der Waals surface area contributed by atoms with Crippen LogP contribution in [-0.4, -0.2) is 33.3 Å². The highest BCUT2D eigenvalue weighted by molar-refractivity contribution is 7.90. The molecule has 0 atom stereocenters. The number of nitrogens with zero attached hydrogens (tertiary/aromatic N) is 1. The summed E-state index contributed by atoms with van der Waals surface area (Å²) in [6.07, 6.45) is 3.99. The highest BCUT2D eigenvalue weighted by Crippen LogP contribution is 2.24. The molecule has 2 aromatic carbocycles. The predicted molar refractivity (Wildman–Crippen MR) is 110 cm³/mol. The molecule has 7 heteroatoms. The summed E-state index contributed by atoms with van der Waals surface area (Å²) in [6, 6.07) is 14.5. The lowest BCUT2D eigenvalue weighted by atomic mass is 10.1. The molecule has 28 heavy (non-hydrogen) atoms. The van der Waals surface area contributed by atoms with E-state index in [-0.39, 0.29) is 10.8 Å². The van der Waals surface area contributed by atoms with Gasteiger partial charge in [-0.1, -0.05) is 37.6 Å². The number of carbonyl (C=O) groups excluding carboxylic acids is 1. The van der Waals surface area contributed by atoms with Gasteiger partial charge in [-0.25, -0.2) is 0 Å². The maximum atomic E-state index is 12.2. The van der Waals surface area contributed by atoms with E-state index in [9.17, 15) is 13.2 Å². The fourth-order valence-corrected chi connectivity index (χ4v) is 4.23. The lowest BCUT2D eigenvalue weighted by Gasteiger charge is -2.08. The first kappa shape index (κ1) is 20.1. The lowest BCUT2D eigenvalue weighted by Crippen LogP contribution is -2.29. The molecule has 0 fully saturated rings. The SMILES string of the molecule is CCCCc1ccc(C(=O)NCCCNC2=NS(=O)(=O)c3ccccc32)cc1. The first-order valence-corrected chi connectivity index (χ1v) is 11.0. The van der Waals surface area contributed by atoms with Gasteiger partial charge in [0.15, 0.2) is 0 Å². The van der Waals surface area contributed by atoms with Crippen molar-refractivity contribution in [1.29, 1.82) is 0 Å². The molecule has 1 aliphatic rings. The Hall–Kier alpha value is -2.67. The maximum Gasteiger partial charge on any atom is 0.285 e. The van der Waals surface area contributed by atoms with Gasteiger partial charge in [0.2, 0.25) is 0 Å². The van der Waals surface area contributed by atoms with Gasteiger partial charge in [-0.05, 0) is 49.1 Å². The quantitative estimate of drug-likeness (QED) is 0.668. The van der Waals surface area contributed by atoms with Crippen LogP contribution in [0.3, 0.4) is 0 Å². The van der Waals surface area contributed by atoms with Crippen LogP contribution >= 0.6 is 0 Å². The molecule has 1 amide bonds. The van der Waals surface area contributed by atoms with Crippen LogP contribution in [0.5, 0.6) is 0 Å². The smallest absolute Gasteiger partial charge is 0.285 e. The van der Waals surface area contributed by atoms with E-state index in [1.807, 2.05) is 24.3 Å². The first-order chi connectivity index (χ1) is 13.5. The molecule has 0 aliphatic carbocycles. The number of nitrogens with one attached hydrogen (secondary N) is 2. The van der Waals surface area contributed by atoms with Gasteiger partial charge in [-0.3, -0.25) is 4.79 Å². The number of unbranched alkanes of at least 4 members (excludes halogenated alkanes) is 1. The zero-order valence-corrected chi connectivity index (χ0v) is 16.8. The van der Waals surface area contributed by atoms with Crippen LogP contribution in [0.4, 0.5) is 0 Å². The zero-order valence-electron chi connectivity index (χ0n) is 15.9. The molecule has 2 aromatic rings. The second-order valence-electron chi connectivity index (χ2n) is 6.75. The molecule has 6 nitrogen and oxygen atoms in total. The highest BCUT2D eigenvalue weighted by Gasteiger charge is 2.27. The summed E-state index contributed by atoms with van der Waals surface area (Å²) in [5, 5.41) is 5.94. The Balaban J connectivity index is 1.43. The summed E-state index contributed by atoms with van der Waals surface area (Å²) in [5.41, 5.74) is 2.48. The van der Waals surface area contributed by atoms with Crippen LogP contribution < -0.4 is 10.6 Å². The molecule has 3 rings (SSSR count). The van der Waals surface area contributed by atoms with Crippen molar-refractivity contribution < 1.29 is 13.2 Å². The number of carbonyl (C=O) groups is 1. The van der Waals surface area contributed by atoms with Crippen molar-refractivity contribution >= 4 is 21.8 Å². The van der Waals surface area contributed by atoms with Crippen molar-refractivity contribution in [1.82, 2.24) is 10.6 Å². The Labute approximate surface area is 166 Å². The Morgan fingerprint density at radius 1 is 1.00 bits per heavy atom. The molecule has 1 aliphatic heterocycles. The average Bonchev–Trinajstić information content (AvgIpc) is 2.97. The van der Waals surface area contributed by atoms with Crippen molar-refractivity contribution in [2.45, 2.75) is 37.5 Å². The van der Waals surface area contributed by atoms with Gasteiger partial charge in [0.25, 0.3) is 15.9 Å². The topological polar surface area (TPSA) is 87.6 Å². The summed E-state index contributed by atoms with van der Waals surface area (Å²) in [7, 11) is -3.60. The molecule has 2 N–H and O–H groups in total.